The Morgan fingerprint density at radius 3 is 3.12 bits per heavy atom. The minimum atomic E-state index is 0.108. The number of nitrogens with zero attached hydrogens (tertiary/aromatic N) is 1. The van der Waals surface area contributed by atoms with Crippen molar-refractivity contribution in [2.45, 2.75) is 18.5 Å². The minimum absolute atomic E-state index is 0.108. The molecule has 0 radical (unpaired) electrons. The maximum Gasteiger partial charge on any atom is 0.0310 e. The molecule has 1 aliphatic heterocycles. The van der Waals surface area contributed by atoms with Crippen LogP contribution in [-0.2, 0) is 0 Å². The van der Waals surface area contributed by atoms with Crippen LogP contribution in [0.15, 0.2) is 28.7 Å². The van der Waals surface area contributed by atoms with E-state index < -0.39 is 0 Å². The van der Waals surface area contributed by atoms with Crippen molar-refractivity contribution in [3.8, 4) is 0 Å². The van der Waals surface area contributed by atoms with E-state index in [1.807, 2.05) is 12.1 Å². The van der Waals surface area contributed by atoms with Gasteiger partial charge < -0.3 is 16.0 Å². The summed E-state index contributed by atoms with van der Waals surface area (Å²) in [5, 5.41) is 3.53. The molecule has 2 unspecified atom stereocenters. The van der Waals surface area contributed by atoms with Gasteiger partial charge in [0.25, 0.3) is 0 Å². The first-order valence-electron chi connectivity index (χ1n) is 6.08. The quantitative estimate of drug-likeness (QED) is 0.893. The summed E-state index contributed by atoms with van der Waals surface area (Å²) in [5.74, 6) is 0. The number of halogens is 1. The van der Waals surface area contributed by atoms with Crippen molar-refractivity contribution >= 4 is 15.9 Å². The van der Waals surface area contributed by atoms with Gasteiger partial charge in [0.15, 0.2) is 0 Å². The average molecular weight is 298 g/mol. The summed E-state index contributed by atoms with van der Waals surface area (Å²) in [5.41, 5.74) is 7.46. The van der Waals surface area contributed by atoms with Gasteiger partial charge in [0.2, 0.25) is 0 Å². The number of nitrogens with one attached hydrogen (secondary N) is 1. The van der Waals surface area contributed by atoms with Crippen LogP contribution in [-0.4, -0.2) is 37.6 Å². The third-order valence-corrected chi connectivity index (χ3v) is 3.77. The Morgan fingerprint density at radius 2 is 2.41 bits per heavy atom. The zero-order chi connectivity index (χ0) is 12.3. The Morgan fingerprint density at radius 1 is 1.59 bits per heavy atom. The lowest BCUT2D eigenvalue weighted by molar-refractivity contribution is 0.226. The first-order valence-corrected chi connectivity index (χ1v) is 6.87. The highest BCUT2D eigenvalue weighted by Crippen LogP contribution is 2.20. The lowest BCUT2D eigenvalue weighted by Gasteiger charge is -2.32. The Balaban J connectivity index is 1.94. The molecule has 1 aromatic carbocycles. The first kappa shape index (κ1) is 13.0. The van der Waals surface area contributed by atoms with Crippen LogP contribution in [0.4, 0.5) is 0 Å². The van der Waals surface area contributed by atoms with E-state index in [0.29, 0.717) is 6.04 Å². The third kappa shape index (κ3) is 3.78. The van der Waals surface area contributed by atoms with Crippen LogP contribution in [0.3, 0.4) is 0 Å². The molecule has 1 fully saturated rings. The molecule has 3 N–H and O–H groups in total. The molecule has 1 aromatic rings. The molecule has 0 amide bonds. The van der Waals surface area contributed by atoms with Crippen molar-refractivity contribution in [1.82, 2.24) is 10.2 Å². The van der Waals surface area contributed by atoms with Crippen molar-refractivity contribution in [3.05, 3.63) is 34.3 Å². The Kier molecular flexibility index (Phi) is 4.56. The van der Waals surface area contributed by atoms with Gasteiger partial charge in [-0.25, -0.2) is 0 Å². The molecule has 2 atom stereocenters. The molecule has 1 heterocycles. The lowest BCUT2D eigenvalue weighted by Crippen LogP contribution is -2.49. The molecule has 0 saturated carbocycles. The highest BCUT2D eigenvalue weighted by molar-refractivity contribution is 9.10. The SMILES string of the molecule is CN1CCNC(CC(N)c2cccc(Br)c2)C1. The van der Waals surface area contributed by atoms with E-state index in [2.05, 4.69) is 45.3 Å². The van der Waals surface area contributed by atoms with E-state index in [1.54, 1.807) is 0 Å². The summed E-state index contributed by atoms with van der Waals surface area (Å²) in [7, 11) is 2.17. The van der Waals surface area contributed by atoms with Gasteiger partial charge in [-0.15, -0.1) is 0 Å². The first-order chi connectivity index (χ1) is 8.15. The van der Waals surface area contributed by atoms with Crippen molar-refractivity contribution in [3.63, 3.8) is 0 Å². The number of likely N-dealkylation sites (N-methyl/N-ethyl adjacent to an activating group) is 1. The van der Waals surface area contributed by atoms with Crippen LogP contribution in [0, 0.1) is 0 Å². The minimum Gasteiger partial charge on any atom is -0.324 e. The highest BCUT2D eigenvalue weighted by atomic mass is 79.9. The van der Waals surface area contributed by atoms with Gasteiger partial charge in [-0.2, -0.15) is 0 Å². The smallest absolute Gasteiger partial charge is 0.0310 e. The van der Waals surface area contributed by atoms with E-state index >= 15 is 0 Å². The molecule has 17 heavy (non-hydrogen) atoms. The molecule has 4 heteroatoms. The van der Waals surface area contributed by atoms with Crippen LogP contribution in [0.2, 0.25) is 0 Å². The van der Waals surface area contributed by atoms with Crippen LogP contribution in [0.25, 0.3) is 0 Å². The van der Waals surface area contributed by atoms with Crippen LogP contribution in [0.1, 0.15) is 18.0 Å². The van der Waals surface area contributed by atoms with Gasteiger partial charge in [0.1, 0.15) is 0 Å². The molecular formula is C13H20BrN3. The number of benzene rings is 1. The Bertz CT molecular complexity index is 369. The number of piperazine rings is 1. The number of nitrogens with two attached hydrogens (primary N) is 1. The van der Waals surface area contributed by atoms with Crippen LogP contribution < -0.4 is 11.1 Å². The molecule has 0 aromatic heterocycles. The lowest BCUT2D eigenvalue weighted by atomic mass is 9.99. The fourth-order valence-corrected chi connectivity index (χ4v) is 2.75. The molecule has 2 rings (SSSR count). The van der Waals surface area contributed by atoms with Crippen LogP contribution in [0.5, 0.6) is 0 Å². The Labute approximate surface area is 111 Å². The number of hydrogen-bond donors (Lipinski definition) is 2. The molecule has 0 spiro atoms. The van der Waals surface area contributed by atoms with E-state index in [1.165, 1.54) is 5.56 Å². The normalized spacial score (nSPS) is 23.6. The Hall–Kier alpha value is -0.420. The highest BCUT2D eigenvalue weighted by Gasteiger charge is 2.19. The molecule has 1 aliphatic rings. The standard InChI is InChI=1S/C13H20BrN3/c1-17-6-5-16-12(9-17)8-13(15)10-3-2-4-11(14)7-10/h2-4,7,12-13,16H,5-6,8-9,15H2,1H3. The third-order valence-electron chi connectivity index (χ3n) is 3.27. The van der Waals surface area contributed by atoms with E-state index in [4.69, 9.17) is 5.73 Å². The van der Waals surface area contributed by atoms with Crippen molar-refractivity contribution < 1.29 is 0 Å². The number of hydrogen-bond acceptors (Lipinski definition) is 3. The monoisotopic (exact) mass is 297 g/mol. The van der Waals surface area contributed by atoms with E-state index in [-0.39, 0.29) is 6.04 Å². The topological polar surface area (TPSA) is 41.3 Å². The van der Waals surface area contributed by atoms with Crippen molar-refractivity contribution in [2.24, 2.45) is 5.73 Å². The zero-order valence-electron chi connectivity index (χ0n) is 10.2. The van der Waals surface area contributed by atoms with Crippen molar-refractivity contribution in [1.29, 1.82) is 0 Å². The summed E-state index contributed by atoms with van der Waals surface area (Å²) in [6.07, 6.45) is 0.987. The van der Waals surface area contributed by atoms with E-state index in [0.717, 1.165) is 30.5 Å². The molecule has 0 bridgehead atoms. The summed E-state index contributed by atoms with van der Waals surface area (Å²) in [6, 6.07) is 8.89. The molecule has 0 aliphatic carbocycles. The molecule has 94 valence electrons. The average Bonchev–Trinajstić information content (AvgIpc) is 2.29. The predicted molar refractivity (Wildman–Crippen MR) is 75.0 cm³/mol. The second-order valence-corrected chi connectivity index (χ2v) is 5.73. The largest absolute Gasteiger partial charge is 0.324 e. The fraction of sp³-hybridized carbons (Fsp3) is 0.538. The summed E-state index contributed by atoms with van der Waals surface area (Å²) in [4.78, 5) is 2.36. The van der Waals surface area contributed by atoms with Gasteiger partial charge in [-0.05, 0) is 31.2 Å². The van der Waals surface area contributed by atoms with Gasteiger partial charge in [-0.3, -0.25) is 0 Å². The molecule has 1 saturated heterocycles. The van der Waals surface area contributed by atoms with Crippen molar-refractivity contribution in [2.75, 3.05) is 26.7 Å². The summed E-state index contributed by atoms with van der Waals surface area (Å²) < 4.78 is 1.10. The van der Waals surface area contributed by atoms with Gasteiger partial charge in [-0.1, -0.05) is 28.1 Å². The molecule has 3 nitrogen and oxygen atoms in total. The maximum absolute atomic E-state index is 6.26. The van der Waals surface area contributed by atoms with Crippen LogP contribution >= 0.6 is 15.9 Å². The molecular weight excluding hydrogens is 278 g/mol. The summed E-state index contributed by atoms with van der Waals surface area (Å²) in [6.45, 7) is 3.27. The van der Waals surface area contributed by atoms with Gasteiger partial charge in [0.05, 0.1) is 0 Å². The zero-order valence-corrected chi connectivity index (χ0v) is 11.8. The van der Waals surface area contributed by atoms with Gasteiger partial charge in [0, 0.05) is 36.2 Å². The second-order valence-electron chi connectivity index (χ2n) is 4.81. The maximum atomic E-state index is 6.26. The summed E-state index contributed by atoms with van der Waals surface area (Å²) >= 11 is 3.49. The second kappa shape index (κ2) is 5.96. The van der Waals surface area contributed by atoms with Gasteiger partial charge >= 0.3 is 0 Å². The predicted octanol–water partition coefficient (Wildman–Crippen LogP) is 1.74. The van der Waals surface area contributed by atoms with E-state index in [9.17, 15) is 0 Å². The number of rotatable bonds is 3. The fourth-order valence-electron chi connectivity index (χ4n) is 2.33.